The van der Waals surface area contributed by atoms with Gasteiger partial charge in [0.25, 0.3) is 0 Å². The topological polar surface area (TPSA) is 246 Å². The molecule has 0 saturated heterocycles. The Bertz CT molecular complexity index is 3780. The fraction of sp³-hybridized carbons (Fsp3) is 0.868. The van der Waals surface area contributed by atoms with Crippen molar-refractivity contribution in [3.05, 3.63) is 95.1 Å². The van der Waals surface area contributed by atoms with Crippen LogP contribution in [0.4, 0.5) is 0 Å². The van der Waals surface area contributed by atoms with Gasteiger partial charge in [-0.25, -0.2) is 37.5 Å². The smallest absolute Gasteiger partial charge is 0.0725 e. The summed E-state index contributed by atoms with van der Waals surface area (Å²) in [6.45, 7) is 81.1. The van der Waals surface area contributed by atoms with Gasteiger partial charge < -0.3 is 0 Å². The molecule has 0 bridgehead atoms. The Morgan fingerprint density at radius 1 is 0.124 bits per heavy atom. The van der Waals surface area contributed by atoms with Crippen LogP contribution < -0.4 is 0 Å². The van der Waals surface area contributed by atoms with Crippen LogP contribution in [-0.4, -0.2) is 120 Å². The van der Waals surface area contributed by atoms with Crippen molar-refractivity contribution in [1.82, 2.24) is 120 Å². The predicted molar refractivity (Wildman–Crippen MR) is 617 cm³/mol. The highest BCUT2D eigenvalue weighted by atomic mass is 15.5. The van der Waals surface area contributed by atoms with Gasteiger partial charge >= 0.3 is 0 Å². The summed E-state index contributed by atoms with van der Waals surface area (Å²) in [7, 11) is 0. The van der Waals surface area contributed by atoms with E-state index in [2.05, 4.69) is 342 Å². The minimum atomic E-state index is 0.730. The van der Waals surface area contributed by atoms with E-state index in [1.54, 1.807) is 0 Å². The molecule has 0 spiro atoms. The van der Waals surface area contributed by atoms with Crippen LogP contribution in [0.2, 0.25) is 0 Å². The molecular formula is C121H234N24. The Morgan fingerprint density at radius 2 is 0.255 bits per heavy atom. The van der Waals surface area contributed by atoms with Gasteiger partial charge in [-0.2, -0.15) is 0 Å². The molecule has 145 heavy (non-hydrogen) atoms. The van der Waals surface area contributed by atoms with E-state index in [9.17, 15) is 0 Å². The number of unbranched alkanes of at least 4 members (excludes halogenated alkanes) is 13. The highest BCUT2D eigenvalue weighted by molar-refractivity contribution is 5.00. The van der Waals surface area contributed by atoms with Crippen molar-refractivity contribution in [2.75, 3.05) is 0 Å². The lowest BCUT2D eigenvalue weighted by molar-refractivity contribution is 0.461. The van der Waals surface area contributed by atoms with Gasteiger partial charge in [-0.1, -0.05) is 411 Å². The average Bonchev–Trinajstić information content (AvgIpc) is 1.80. The van der Waals surface area contributed by atoms with Crippen molar-refractivity contribution in [3.8, 4) is 0 Å². The van der Waals surface area contributed by atoms with Crippen molar-refractivity contribution in [1.29, 1.82) is 0 Å². The summed E-state index contributed by atoms with van der Waals surface area (Å²) in [5.74, 6) is 12.7. The fourth-order valence-electron chi connectivity index (χ4n) is 17.2. The third-order valence-electron chi connectivity index (χ3n) is 26.8. The minimum Gasteiger partial charge on any atom is -0.249 e. The zero-order valence-electron chi connectivity index (χ0n) is 101. The van der Waals surface area contributed by atoms with Gasteiger partial charge in [0, 0.05) is 52.4 Å². The molecule has 8 aromatic rings. The summed E-state index contributed by atoms with van der Waals surface area (Å²) >= 11 is 0. The van der Waals surface area contributed by atoms with E-state index in [-0.39, 0.29) is 0 Å². The lowest BCUT2D eigenvalue weighted by Crippen LogP contribution is -2.07. The molecule has 838 valence electrons. The summed E-state index contributed by atoms with van der Waals surface area (Å²) in [6.07, 6.45) is 77.3. The summed E-state index contributed by atoms with van der Waals surface area (Å²) in [4.78, 5) is 0. The number of rotatable bonds is 73. The predicted octanol–water partition coefficient (Wildman–Crippen LogP) is 33.1. The summed E-state index contributed by atoms with van der Waals surface area (Å²) in [6, 6.07) is 0. The second kappa shape index (κ2) is 87.8. The first-order valence-corrected chi connectivity index (χ1v) is 60.2. The van der Waals surface area contributed by atoms with Crippen molar-refractivity contribution < 1.29 is 0 Å². The molecule has 0 radical (unpaired) electrons. The molecule has 0 atom stereocenters. The largest absolute Gasteiger partial charge is 0.249 e. The van der Waals surface area contributed by atoms with Crippen LogP contribution in [0.15, 0.2) is 49.6 Å². The molecule has 0 fully saturated rings. The summed E-state index contributed by atoms with van der Waals surface area (Å²) in [5.41, 5.74) is 10.4. The standard InChI is InChI=1S/2C17H33N3.3C15H29N3.3C14H27N3/c1-15(2)10-7-5-6-8-12-17-14-18-19-20(17)13-9-11-16(3)4;1-15(2)10-8-6-5-7-9-11-17-14-18-19-20(17)13-12-16(3)4;2*1-13(2)8-5-6-11-18-15(12-16-17-18)10-7-9-14(3)4;1-13(2)8-5-6-10-15-12-16-17-18(15)11-7-9-14(3)4;2*1-12(2)7-5-6-10-17-14(11-15-16-17)9-8-13(3)4;1-12(2)7-5-6-8-14-11-15-16-17(14)10-9-13(3)4/h2*14-16H,5-13H2,1-4H3;3*12-14H,5-11H2,1-4H3;3*11-13H,5-10H2,1-4H3. The molecule has 0 aromatic carbocycles. The number of nitrogens with zero attached hydrogens (tertiary/aromatic N) is 24. The van der Waals surface area contributed by atoms with E-state index < -0.39 is 0 Å². The van der Waals surface area contributed by atoms with Crippen molar-refractivity contribution >= 4 is 0 Å². The Kier molecular flexibility index (Phi) is 82.4. The third-order valence-corrected chi connectivity index (χ3v) is 26.8. The third kappa shape index (κ3) is 78.9. The molecule has 0 aliphatic heterocycles. The van der Waals surface area contributed by atoms with Crippen molar-refractivity contribution in [2.24, 2.45) is 94.7 Å². The van der Waals surface area contributed by atoms with E-state index in [4.69, 9.17) is 0 Å². The SMILES string of the molecule is CC(C)CCCCCCCc1cnnn1CCC(C)C.CC(C)CCCCCCc1cnnn1CCCC(C)C.CC(C)CCCCc1cnnn1CCC(C)C.CC(C)CCCCc1cnnn1CCCC(C)C.CC(C)CCCCn1nncc1CCC(C)C.CC(C)CCCCn1nncc1CCC(C)C.CC(C)CCCCn1nncc1CCCC(C)C.CC(C)CCCCn1nncc1CCCC(C)C. The average molecular weight is 2030 g/mol. The first-order chi connectivity index (χ1) is 69.2. The van der Waals surface area contributed by atoms with Crippen LogP contribution in [0.3, 0.4) is 0 Å². The first kappa shape index (κ1) is 136. The molecule has 8 heterocycles. The van der Waals surface area contributed by atoms with Crippen LogP contribution >= 0.6 is 0 Å². The molecule has 8 aromatic heterocycles. The highest BCUT2D eigenvalue weighted by Crippen LogP contribution is 2.23. The second-order valence-corrected chi connectivity index (χ2v) is 49.3. The van der Waals surface area contributed by atoms with Crippen LogP contribution in [0, 0.1) is 94.7 Å². The number of hydrogen-bond acceptors (Lipinski definition) is 16. The molecular weight excluding hydrogens is 1790 g/mol. The molecule has 0 unspecified atom stereocenters. The quantitative estimate of drug-likeness (QED) is 0.0322. The molecule has 0 N–H and O–H groups in total. The normalized spacial score (nSPS) is 11.7. The van der Waals surface area contributed by atoms with E-state index >= 15 is 0 Å². The molecule has 24 heteroatoms. The molecule has 8 rings (SSSR count). The van der Waals surface area contributed by atoms with Crippen molar-refractivity contribution in [2.45, 2.75) is 589 Å². The molecule has 24 nitrogen and oxygen atoms in total. The monoisotopic (exact) mass is 2020 g/mol. The Labute approximate surface area is 893 Å². The van der Waals surface area contributed by atoms with Crippen molar-refractivity contribution in [3.63, 3.8) is 0 Å². The highest BCUT2D eigenvalue weighted by Gasteiger charge is 2.15. The maximum atomic E-state index is 4.22. The Morgan fingerprint density at radius 3 is 0.455 bits per heavy atom. The maximum Gasteiger partial charge on any atom is 0.0725 e. The van der Waals surface area contributed by atoms with Gasteiger partial charge in [0.1, 0.15) is 0 Å². The zero-order valence-corrected chi connectivity index (χ0v) is 101. The van der Waals surface area contributed by atoms with Crippen LogP contribution in [0.5, 0.6) is 0 Å². The molecule has 0 saturated carbocycles. The summed E-state index contributed by atoms with van der Waals surface area (Å²) < 4.78 is 16.7. The van der Waals surface area contributed by atoms with Gasteiger partial charge in [0.2, 0.25) is 0 Å². The molecule has 0 aliphatic carbocycles. The van der Waals surface area contributed by atoms with Gasteiger partial charge in [-0.3, -0.25) is 0 Å². The van der Waals surface area contributed by atoms with Gasteiger partial charge in [0.05, 0.1) is 95.1 Å². The number of hydrogen-bond donors (Lipinski definition) is 0. The van der Waals surface area contributed by atoms with Crippen LogP contribution in [-0.2, 0) is 104 Å². The van der Waals surface area contributed by atoms with Crippen LogP contribution in [0.1, 0.15) is 530 Å². The van der Waals surface area contributed by atoms with Gasteiger partial charge in [0.15, 0.2) is 0 Å². The molecule has 0 amide bonds. The van der Waals surface area contributed by atoms with Gasteiger partial charge in [-0.05, 0) is 262 Å². The summed E-state index contributed by atoms with van der Waals surface area (Å²) in [5, 5.41) is 65.9. The zero-order chi connectivity index (χ0) is 108. The molecule has 0 aliphatic rings. The number of aromatic nitrogens is 24. The lowest BCUT2D eigenvalue weighted by atomic mass is 10.0. The minimum absolute atomic E-state index is 0.730. The lowest BCUT2D eigenvalue weighted by Gasteiger charge is -2.08. The maximum absolute atomic E-state index is 4.22. The Balaban J connectivity index is 0.000000829. The first-order valence-electron chi connectivity index (χ1n) is 60.2. The number of aryl methyl sites for hydroxylation is 16. The van der Waals surface area contributed by atoms with E-state index in [1.807, 2.05) is 49.6 Å². The van der Waals surface area contributed by atoms with E-state index in [0.29, 0.717) is 0 Å². The second-order valence-electron chi connectivity index (χ2n) is 49.3. The van der Waals surface area contributed by atoms with Gasteiger partial charge in [-0.15, -0.1) is 40.8 Å². The van der Waals surface area contributed by atoms with E-state index in [1.165, 1.54) is 309 Å². The van der Waals surface area contributed by atoms with E-state index in [0.717, 1.165) is 198 Å². The van der Waals surface area contributed by atoms with Crippen LogP contribution in [0.25, 0.3) is 0 Å². The fourth-order valence-corrected chi connectivity index (χ4v) is 17.2. The Hall–Kier alpha value is -6.88.